The predicted molar refractivity (Wildman–Crippen MR) is 110 cm³/mol. The minimum atomic E-state index is -0.563. The van der Waals surface area contributed by atoms with E-state index in [0.717, 1.165) is 16.8 Å². The van der Waals surface area contributed by atoms with Gasteiger partial charge in [-0.1, -0.05) is 17.8 Å². The first kappa shape index (κ1) is 19.7. The van der Waals surface area contributed by atoms with Crippen LogP contribution in [-0.2, 0) is 4.79 Å². The SMILES string of the molecule is COc1ccc(OC)c(/C=C2/SC(=S)N(NC(=O)c3cccc(O)c3)C2=O)c1. The third-order valence-electron chi connectivity index (χ3n) is 3.84. The van der Waals surface area contributed by atoms with Crippen molar-refractivity contribution in [3.63, 3.8) is 0 Å². The summed E-state index contributed by atoms with van der Waals surface area (Å²) in [4.78, 5) is 25.4. The number of phenols is 1. The first-order valence-electron chi connectivity index (χ1n) is 8.03. The monoisotopic (exact) mass is 416 g/mol. The highest BCUT2D eigenvalue weighted by Gasteiger charge is 2.34. The van der Waals surface area contributed by atoms with Gasteiger partial charge in [-0.05, 0) is 54.7 Å². The van der Waals surface area contributed by atoms with Gasteiger partial charge in [0.2, 0.25) is 0 Å². The number of thioether (sulfide) groups is 1. The van der Waals surface area contributed by atoms with E-state index in [2.05, 4.69) is 5.43 Å². The summed E-state index contributed by atoms with van der Waals surface area (Å²) in [7, 11) is 3.07. The van der Waals surface area contributed by atoms with Gasteiger partial charge in [0.25, 0.3) is 11.8 Å². The normalized spacial score (nSPS) is 15.1. The molecule has 2 amide bonds. The van der Waals surface area contributed by atoms with Crippen LogP contribution in [0.15, 0.2) is 47.4 Å². The van der Waals surface area contributed by atoms with E-state index in [0.29, 0.717) is 22.0 Å². The quantitative estimate of drug-likeness (QED) is 0.572. The van der Waals surface area contributed by atoms with Crippen LogP contribution >= 0.6 is 24.0 Å². The Kier molecular flexibility index (Phi) is 5.86. The summed E-state index contributed by atoms with van der Waals surface area (Å²) >= 11 is 6.28. The molecule has 0 aromatic heterocycles. The summed E-state index contributed by atoms with van der Waals surface area (Å²) in [5.74, 6) is 0.0958. The molecule has 0 unspecified atom stereocenters. The van der Waals surface area contributed by atoms with E-state index in [9.17, 15) is 14.7 Å². The summed E-state index contributed by atoms with van der Waals surface area (Å²) in [6, 6.07) is 11.0. The van der Waals surface area contributed by atoms with Gasteiger partial charge in [-0.3, -0.25) is 15.0 Å². The lowest BCUT2D eigenvalue weighted by Gasteiger charge is -2.15. The molecule has 2 N–H and O–H groups in total. The largest absolute Gasteiger partial charge is 0.508 e. The fraction of sp³-hybridized carbons (Fsp3) is 0.105. The van der Waals surface area contributed by atoms with Crippen molar-refractivity contribution in [3.05, 3.63) is 58.5 Å². The molecule has 1 aliphatic rings. The van der Waals surface area contributed by atoms with Crippen LogP contribution in [0.4, 0.5) is 0 Å². The first-order valence-corrected chi connectivity index (χ1v) is 9.25. The van der Waals surface area contributed by atoms with Crippen LogP contribution in [0.5, 0.6) is 17.2 Å². The molecule has 7 nitrogen and oxygen atoms in total. The molecule has 2 aromatic rings. The van der Waals surface area contributed by atoms with Gasteiger partial charge < -0.3 is 14.6 Å². The molecular formula is C19H16N2O5S2. The van der Waals surface area contributed by atoms with Crippen molar-refractivity contribution < 1.29 is 24.2 Å². The number of hydrazine groups is 1. The van der Waals surface area contributed by atoms with Crippen LogP contribution in [0.2, 0.25) is 0 Å². The number of nitrogens with zero attached hydrogens (tertiary/aromatic N) is 1. The molecule has 1 saturated heterocycles. The zero-order chi connectivity index (χ0) is 20.3. The lowest BCUT2D eigenvalue weighted by molar-refractivity contribution is -0.123. The molecule has 1 heterocycles. The lowest BCUT2D eigenvalue weighted by atomic mass is 10.1. The van der Waals surface area contributed by atoms with Gasteiger partial charge in [-0.15, -0.1) is 0 Å². The molecule has 9 heteroatoms. The Bertz CT molecular complexity index is 990. The van der Waals surface area contributed by atoms with E-state index in [-0.39, 0.29) is 15.6 Å². The number of carbonyl (C=O) groups excluding carboxylic acids is 2. The number of aromatic hydroxyl groups is 1. The van der Waals surface area contributed by atoms with Gasteiger partial charge >= 0.3 is 0 Å². The molecule has 0 saturated carbocycles. The Hall–Kier alpha value is -3.04. The second-order valence-electron chi connectivity index (χ2n) is 5.62. The number of thiocarbonyl (C=S) groups is 1. The number of carbonyl (C=O) groups is 2. The Morgan fingerprint density at radius 1 is 1.21 bits per heavy atom. The molecule has 28 heavy (non-hydrogen) atoms. The molecule has 0 atom stereocenters. The Labute approximate surface area is 170 Å². The van der Waals surface area contributed by atoms with Crippen molar-refractivity contribution >= 4 is 46.2 Å². The third kappa shape index (κ3) is 4.10. The molecule has 0 radical (unpaired) electrons. The van der Waals surface area contributed by atoms with Crippen LogP contribution in [0.1, 0.15) is 15.9 Å². The summed E-state index contributed by atoms with van der Waals surface area (Å²) in [6.07, 6.45) is 1.63. The molecule has 0 bridgehead atoms. The highest BCUT2D eigenvalue weighted by Crippen LogP contribution is 2.34. The molecule has 1 fully saturated rings. The number of hydrogen-bond donors (Lipinski definition) is 2. The first-order chi connectivity index (χ1) is 13.4. The van der Waals surface area contributed by atoms with Gasteiger partial charge in [0, 0.05) is 11.1 Å². The molecule has 0 aliphatic carbocycles. The van der Waals surface area contributed by atoms with Gasteiger partial charge in [-0.25, -0.2) is 0 Å². The molecule has 3 rings (SSSR count). The van der Waals surface area contributed by atoms with Gasteiger partial charge in [-0.2, -0.15) is 5.01 Å². The highest BCUT2D eigenvalue weighted by molar-refractivity contribution is 8.26. The van der Waals surface area contributed by atoms with Crippen molar-refractivity contribution in [2.45, 2.75) is 0 Å². The van der Waals surface area contributed by atoms with E-state index in [4.69, 9.17) is 21.7 Å². The number of nitrogens with one attached hydrogen (secondary N) is 1. The lowest BCUT2D eigenvalue weighted by Crippen LogP contribution is -2.44. The van der Waals surface area contributed by atoms with Gasteiger partial charge in [0.05, 0.1) is 19.1 Å². The van der Waals surface area contributed by atoms with E-state index in [1.165, 1.54) is 31.4 Å². The zero-order valence-electron chi connectivity index (χ0n) is 15.0. The number of methoxy groups -OCH3 is 2. The summed E-state index contributed by atoms with van der Waals surface area (Å²) in [6.45, 7) is 0. The fourth-order valence-electron chi connectivity index (χ4n) is 2.47. The zero-order valence-corrected chi connectivity index (χ0v) is 16.6. The van der Waals surface area contributed by atoms with Crippen molar-refractivity contribution in [1.82, 2.24) is 10.4 Å². The highest BCUT2D eigenvalue weighted by atomic mass is 32.2. The van der Waals surface area contributed by atoms with Crippen molar-refractivity contribution in [2.75, 3.05) is 14.2 Å². The minimum absolute atomic E-state index is 0.0527. The number of rotatable bonds is 5. The van der Waals surface area contributed by atoms with Crippen LogP contribution in [0.25, 0.3) is 6.08 Å². The number of ether oxygens (including phenoxy) is 2. The van der Waals surface area contributed by atoms with Crippen LogP contribution < -0.4 is 14.9 Å². The standard InChI is InChI=1S/C19H16N2O5S2/c1-25-14-6-7-15(26-2)12(9-14)10-16-18(24)21(19(27)28-16)20-17(23)11-4-3-5-13(22)8-11/h3-10,22H,1-2H3,(H,20,23)/b16-10+. The second-order valence-corrected chi connectivity index (χ2v) is 7.29. The maximum Gasteiger partial charge on any atom is 0.285 e. The van der Waals surface area contributed by atoms with Gasteiger partial charge in [0.1, 0.15) is 17.2 Å². The maximum atomic E-state index is 12.7. The smallest absolute Gasteiger partial charge is 0.285 e. The van der Waals surface area contributed by atoms with Crippen molar-refractivity contribution in [1.29, 1.82) is 0 Å². The molecule has 0 spiro atoms. The fourth-order valence-corrected chi connectivity index (χ4v) is 3.64. The summed E-state index contributed by atoms with van der Waals surface area (Å²) in [5.41, 5.74) is 3.31. The molecular weight excluding hydrogens is 400 g/mol. The average Bonchev–Trinajstić information content (AvgIpc) is 2.95. The molecule has 2 aromatic carbocycles. The van der Waals surface area contributed by atoms with Crippen molar-refractivity contribution in [2.24, 2.45) is 0 Å². The van der Waals surface area contributed by atoms with E-state index < -0.39 is 11.8 Å². The topological polar surface area (TPSA) is 88.1 Å². The number of hydrogen-bond acceptors (Lipinski definition) is 7. The molecule has 144 valence electrons. The Morgan fingerprint density at radius 3 is 2.68 bits per heavy atom. The Morgan fingerprint density at radius 2 is 2.00 bits per heavy atom. The predicted octanol–water partition coefficient (Wildman–Crippen LogP) is 2.96. The minimum Gasteiger partial charge on any atom is -0.508 e. The number of amides is 2. The van der Waals surface area contributed by atoms with Crippen LogP contribution in [0, 0.1) is 0 Å². The second kappa shape index (κ2) is 8.32. The third-order valence-corrected chi connectivity index (χ3v) is 5.14. The van der Waals surface area contributed by atoms with E-state index in [1.807, 2.05) is 0 Å². The molecule has 1 aliphatic heterocycles. The summed E-state index contributed by atoms with van der Waals surface area (Å²) < 4.78 is 10.7. The average molecular weight is 416 g/mol. The van der Waals surface area contributed by atoms with E-state index >= 15 is 0 Å². The number of benzene rings is 2. The van der Waals surface area contributed by atoms with E-state index in [1.54, 1.807) is 31.4 Å². The number of phenolic OH excluding ortho intramolecular Hbond substituents is 1. The van der Waals surface area contributed by atoms with Crippen LogP contribution in [-0.4, -0.2) is 40.5 Å². The summed E-state index contributed by atoms with van der Waals surface area (Å²) in [5, 5.41) is 10.5. The van der Waals surface area contributed by atoms with Gasteiger partial charge in [0.15, 0.2) is 4.32 Å². The van der Waals surface area contributed by atoms with Crippen molar-refractivity contribution in [3.8, 4) is 17.2 Å². The van der Waals surface area contributed by atoms with Crippen LogP contribution in [0.3, 0.4) is 0 Å². The maximum absolute atomic E-state index is 12.7. The Balaban J connectivity index is 1.84.